The van der Waals surface area contributed by atoms with Gasteiger partial charge in [-0.2, -0.15) is 0 Å². The van der Waals surface area contributed by atoms with E-state index in [1.807, 2.05) is 6.07 Å². The van der Waals surface area contributed by atoms with E-state index in [9.17, 15) is 4.39 Å². The van der Waals surface area contributed by atoms with Gasteiger partial charge in [-0.1, -0.05) is 67.8 Å². The van der Waals surface area contributed by atoms with Crippen molar-refractivity contribution in [1.82, 2.24) is 0 Å². The highest BCUT2D eigenvalue weighted by molar-refractivity contribution is 5.96. The fourth-order valence-electron chi connectivity index (χ4n) is 4.41. The zero-order valence-electron chi connectivity index (χ0n) is 18.0. The van der Waals surface area contributed by atoms with Gasteiger partial charge in [0, 0.05) is 5.56 Å². The Labute approximate surface area is 179 Å². The number of hydrogen-bond donors (Lipinski definition) is 0. The summed E-state index contributed by atoms with van der Waals surface area (Å²) in [6.45, 7) is 15.1. The first-order valence-electron chi connectivity index (χ1n) is 10.4. The van der Waals surface area contributed by atoms with Crippen molar-refractivity contribution in [3.8, 4) is 0 Å². The molecular weight excluding hydrogens is 367 g/mol. The standard InChI is InChI=1S/C29H27F/c1-18-13-14-23(15-20(18)3)27-17-24-10-8-9-19(2)29(24)22(5)26(27)16-21(4)25-11-6-7-12-28(25)30/h6-15H,4-5,16-17H2,1-3H3. The number of allylic oxidation sites excluding steroid dienone is 4. The van der Waals surface area contributed by atoms with Gasteiger partial charge in [-0.3, -0.25) is 0 Å². The SMILES string of the molecule is C=C(CC1=C(c2ccc(C)c(C)c2)Cc2cccc(C)c2C1=C)c1ccccc1F. The molecule has 150 valence electrons. The number of benzene rings is 3. The highest BCUT2D eigenvalue weighted by Crippen LogP contribution is 2.44. The van der Waals surface area contributed by atoms with Crippen LogP contribution in [0.3, 0.4) is 0 Å². The molecule has 0 radical (unpaired) electrons. The summed E-state index contributed by atoms with van der Waals surface area (Å²) in [5.74, 6) is -0.228. The summed E-state index contributed by atoms with van der Waals surface area (Å²) in [4.78, 5) is 0. The zero-order chi connectivity index (χ0) is 21.4. The van der Waals surface area contributed by atoms with E-state index in [1.165, 1.54) is 45.0 Å². The molecular formula is C29H27F. The van der Waals surface area contributed by atoms with Crippen molar-refractivity contribution in [3.05, 3.63) is 124 Å². The van der Waals surface area contributed by atoms with Gasteiger partial charge in [0.1, 0.15) is 5.82 Å². The fraction of sp³-hybridized carbons (Fsp3) is 0.172. The summed E-state index contributed by atoms with van der Waals surface area (Å²) in [7, 11) is 0. The number of hydrogen-bond acceptors (Lipinski definition) is 0. The van der Waals surface area contributed by atoms with E-state index in [4.69, 9.17) is 0 Å². The normalized spacial score (nSPS) is 13.4. The molecule has 0 nitrogen and oxygen atoms in total. The second kappa shape index (κ2) is 7.91. The first kappa shape index (κ1) is 20.1. The van der Waals surface area contributed by atoms with E-state index in [1.54, 1.807) is 12.1 Å². The molecule has 3 aromatic rings. The smallest absolute Gasteiger partial charge is 0.130 e. The van der Waals surface area contributed by atoms with Crippen molar-refractivity contribution in [2.24, 2.45) is 0 Å². The minimum atomic E-state index is -0.228. The van der Waals surface area contributed by atoms with Crippen LogP contribution in [-0.2, 0) is 6.42 Å². The van der Waals surface area contributed by atoms with E-state index >= 15 is 0 Å². The van der Waals surface area contributed by atoms with Crippen molar-refractivity contribution >= 4 is 16.7 Å². The summed E-state index contributed by atoms with van der Waals surface area (Å²) in [6, 6.07) is 19.9. The Hall–Kier alpha value is -3.19. The van der Waals surface area contributed by atoms with Crippen LogP contribution in [0.2, 0.25) is 0 Å². The van der Waals surface area contributed by atoms with Crippen LogP contribution < -0.4 is 0 Å². The minimum Gasteiger partial charge on any atom is -0.206 e. The van der Waals surface area contributed by atoms with E-state index in [2.05, 4.69) is 70.3 Å². The summed E-state index contributed by atoms with van der Waals surface area (Å²) in [6.07, 6.45) is 1.42. The van der Waals surface area contributed by atoms with Gasteiger partial charge in [0.05, 0.1) is 0 Å². The lowest BCUT2D eigenvalue weighted by molar-refractivity contribution is 0.623. The van der Waals surface area contributed by atoms with Gasteiger partial charge >= 0.3 is 0 Å². The predicted octanol–water partition coefficient (Wildman–Crippen LogP) is 7.88. The van der Waals surface area contributed by atoms with Gasteiger partial charge < -0.3 is 0 Å². The van der Waals surface area contributed by atoms with Crippen LogP contribution >= 0.6 is 0 Å². The molecule has 0 aromatic heterocycles. The van der Waals surface area contributed by atoms with Gasteiger partial charge in [0.15, 0.2) is 0 Å². The summed E-state index contributed by atoms with van der Waals surface area (Å²) < 4.78 is 14.4. The Morgan fingerprint density at radius 2 is 1.67 bits per heavy atom. The van der Waals surface area contributed by atoms with Gasteiger partial charge in [-0.15, -0.1) is 0 Å². The molecule has 1 aliphatic rings. The summed E-state index contributed by atoms with van der Waals surface area (Å²) >= 11 is 0. The van der Waals surface area contributed by atoms with Gasteiger partial charge in [0.25, 0.3) is 0 Å². The molecule has 1 aliphatic carbocycles. The lowest BCUT2D eigenvalue weighted by Gasteiger charge is -2.28. The van der Waals surface area contributed by atoms with Gasteiger partial charge in [-0.25, -0.2) is 4.39 Å². The van der Waals surface area contributed by atoms with Crippen LogP contribution in [-0.4, -0.2) is 0 Å². The van der Waals surface area contributed by atoms with Crippen LogP contribution in [0.25, 0.3) is 16.7 Å². The van der Waals surface area contributed by atoms with Crippen molar-refractivity contribution in [2.45, 2.75) is 33.6 Å². The molecule has 0 atom stereocenters. The Bertz CT molecular complexity index is 1210. The fourth-order valence-corrected chi connectivity index (χ4v) is 4.41. The van der Waals surface area contributed by atoms with Crippen molar-refractivity contribution in [2.75, 3.05) is 0 Å². The average Bonchev–Trinajstić information content (AvgIpc) is 2.72. The second-order valence-corrected chi connectivity index (χ2v) is 8.28. The second-order valence-electron chi connectivity index (χ2n) is 8.28. The molecule has 4 rings (SSSR count). The van der Waals surface area contributed by atoms with Gasteiger partial charge in [0.2, 0.25) is 0 Å². The first-order chi connectivity index (χ1) is 14.4. The average molecular weight is 395 g/mol. The predicted molar refractivity (Wildman–Crippen MR) is 127 cm³/mol. The van der Waals surface area contributed by atoms with Crippen molar-refractivity contribution < 1.29 is 4.39 Å². The first-order valence-corrected chi connectivity index (χ1v) is 10.4. The highest BCUT2D eigenvalue weighted by Gasteiger charge is 2.25. The molecule has 1 heteroatoms. The Morgan fingerprint density at radius 3 is 2.40 bits per heavy atom. The molecule has 0 spiro atoms. The minimum absolute atomic E-state index is 0.228. The van der Waals surface area contributed by atoms with Crippen LogP contribution in [0.15, 0.2) is 79.4 Å². The monoisotopic (exact) mass is 394 g/mol. The third-order valence-electron chi connectivity index (χ3n) is 6.26. The topological polar surface area (TPSA) is 0 Å². The zero-order valence-corrected chi connectivity index (χ0v) is 18.0. The van der Waals surface area contributed by atoms with Crippen LogP contribution in [0, 0.1) is 26.6 Å². The third kappa shape index (κ3) is 3.57. The Kier molecular flexibility index (Phi) is 5.30. The molecule has 0 bridgehead atoms. The molecule has 0 N–H and O–H groups in total. The molecule has 0 saturated carbocycles. The number of rotatable bonds is 4. The van der Waals surface area contributed by atoms with E-state index in [0.717, 1.165) is 23.1 Å². The lowest BCUT2D eigenvalue weighted by atomic mass is 9.76. The maximum Gasteiger partial charge on any atom is 0.130 e. The van der Waals surface area contributed by atoms with Crippen LogP contribution in [0.1, 0.15) is 45.4 Å². The number of aryl methyl sites for hydroxylation is 3. The highest BCUT2D eigenvalue weighted by atomic mass is 19.1. The molecule has 0 aliphatic heterocycles. The quantitative estimate of drug-likeness (QED) is 0.422. The van der Waals surface area contributed by atoms with Crippen molar-refractivity contribution in [1.29, 1.82) is 0 Å². The van der Waals surface area contributed by atoms with Gasteiger partial charge in [-0.05, 0) is 95.4 Å². The van der Waals surface area contributed by atoms with Crippen LogP contribution in [0.5, 0.6) is 0 Å². The van der Waals surface area contributed by atoms with Crippen molar-refractivity contribution in [3.63, 3.8) is 0 Å². The molecule has 3 aromatic carbocycles. The maximum absolute atomic E-state index is 14.4. The molecule has 0 unspecified atom stereocenters. The number of halogens is 1. The number of fused-ring (bicyclic) bond motifs is 1. The molecule has 30 heavy (non-hydrogen) atoms. The van der Waals surface area contributed by atoms with E-state index in [0.29, 0.717) is 12.0 Å². The Morgan fingerprint density at radius 1 is 0.900 bits per heavy atom. The molecule has 0 amide bonds. The summed E-state index contributed by atoms with van der Waals surface area (Å²) in [5, 5.41) is 0. The third-order valence-corrected chi connectivity index (χ3v) is 6.26. The van der Waals surface area contributed by atoms with Crippen LogP contribution in [0.4, 0.5) is 4.39 Å². The lowest BCUT2D eigenvalue weighted by Crippen LogP contribution is -2.10. The largest absolute Gasteiger partial charge is 0.206 e. The van der Waals surface area contributed by atoms with E-state index in [-0.39, 0.29) is 5.82 Å². The molecule has 0 heterocycles. The molecule has 0 fully saturated rings. The maximum atomic E-state index is 14.4. The molecule has 0 saturated heterocycles. The van der Waals surface area contributed by atoms with E-state index < -0.39 is 0 Å². The Balaban J connectivity index is 1.86. The summed E-state index contributed by atoms with van der Waals surface area (Å²) in [5.41, 5.74) is 12.3.